The van der Waals surface area contributed by atoms with Gasteiger partial charge in [-0.15, -0.1) is 11.3 Å². The molecule has 0 spiro atoms. The number of benzene rings is 2. The fourth-order valence-electron chi connectivity index (χ4n) is 3.48. The number of carboxylic acid groups (broad SMARTS) is 1. The molecule has 0 saturated carbocycles. The number of phenolic OH excluding ortho intramolecular Hbond substituents is 1. The molecule has 7 heteroatoms. The average molecular weight is 395 g/mol. The predicted octanol–water partition coefficient (Wildman–Crippen LogP) is 4.30. The zero-order valence-corrected chi connectivity index (χ0v) is 15.7. The molecule has 6 nitrogen and oxygen atoms in total. The van der Waals surface area contributed by atoms with Gasteiger partial charge in [0.1, 0.15) is 16.4 Å². The summed E-state index contributed by atoms with van der Waals surface area (Å²) in [4.78, 5) is 25.3. The van der Waals surface area contributed by atoms with Crippen LogP contribution in [0.5, 0.6) is 11.5 Å². The van der Waals surface area contributed by atoms with Crippen molar-refractivity contribution in [1.82, 2.24) is 0 Å². The highest BCUT2D eigenvalue weighted by Gasteiger charge is 2.34. The first kappa shape index (κ1) is 18.1. The third-order valence-electron chi connectivity index (χ3n) is 4.75. The van der Waals surface area contributed by atoms with Gasteiger partial charge in [-0.1, -0.05) is 24.3 Å². The number of fused-ring (bicyclic) bond motifs is 1. The lowest BCUT2D eigenvalue weighted by Gasteiger charge is -2.24. The summed E-state index contributed by atoms with van der Waals surface area (Å²) in [5, 5.41) is 22.5. The first-order chi connectivity index (χ1) is 13.5. The molecule has 0 saturated heterocycles. The largest absolute Gasteiger partial charge is 0.508 e. The molecule has 3 aromatic rings. The number of aromatic hydroxyl groups is 1. The Morgan fingerprint density at radius 1 is 1.21 bits per heavy atom. The molecule has 142 valence electrons. The summed E-state index contributed by atoms with van der Waals surface area (Å²) < 4.78 is 5.17. The van der Waals surface area contributed by atoms with Crippen LogP contribution in [0.4, 0.5) is 5.69 Å². The van der Waals surface area contributed by atoms with E-state index >= 15 is 0 Å². The van der Waals surface area contributed by atoms with Gasteiger partial charge in [-0.2, -0.15) is 0 Å². The van der Waals surface area contributed by atoms with E-state index in [1.807, 2.05) is 6.07 Å². The number of hydrogen-bond acceptors (Lipinski definition) is 5. The van der Waals surface area contributed by atoms with Crippen LogP contribution in [0.3, 0.4) is 0 Å². The van der Waals surface area contributed by atoms with Crippen LogP contribution in [0, 0.1) is 0 Å². The maximum atomic E-state index is 12.4. The number of rotatable bonds is 4. The number of carboxylic acids is 1. The molecule has 0 aliphatic carbocycles. The molecule has 0 radical (unpaired) electrons. The molecule has 0 fully saturated rings. The summed E-state index contributed by atoms with van der Waals surface area (Å²) in [6.07, 6.45) is 0.193. The van der Waals surface area contributed by atoms with E-state index < -0.39 is 5.97 Å². The molecule has 1 amide bonds. The molecule has 28 heavy (non-hydrogen) atoms. The van der Waals surface area contributed by atoms with E-state index in [4.69, 9.17) is 4.74 Å². The molecule has 3 N–H and O–H groups in total. The number of carbonyl (C=O) groups is 2. The SMILES string of the molecule is COc1ccc(-c2c(C(=O)O)sc3c2NC(=O)C[C@H]3c2cccc(O)c2)cc1. The molecule has 1 atom stereocenters. The Morgan fingerprint density at radius 3 is 2.61 bits per heavy atom. The van der Waals surface area contributed by atoms with Gasteiger partial charge in [0.15, 0.2) is 0 Å². The standard InChI is InChI=1S/C21H17NO5S/c1-27-14-7-5-11(6-8-14)17-18-19(28-20(17)21(25)26)15(10-16(24)22-18)12-3-2-4-13(23)9-12/h2-9,15,23H,10H2,1H3,(H,22,24)(H,25,26)/t15-/m0/s1. The Hall–Kier alpha value is -3.32. The van der Waals surface area contributed by atoms with Crippen LogP contribution in [0.2, 0.25) is 0 Å². The third kappa shape index (κ3) is 3.10. The van der Waals surface area contributed by atoms with Crippen molar-refractivity contribution < 1.29 is 24.5 Å². The monoisotopic (exact) mass is 395 g/mol. The maximum Gasteiger partial charge on any atom is 0.346 e. The van der Waals surface area contributed by atoms with Crippen molar-refractivity contribution in [2.45, 2.75) is 12.3 Å². The lowest BCUT2D eigenvalue weighted by Crippen LogP contribution is -2.22. The number of nitrogens with one attached hydrogen (secondary N) is 1. The fraction of sp³-hybridized carbons (Fsp3) is 0.143. The Kier molecular flexibility index (Phi) is 4.52. The second kappa shape index (κ2) is 7.01. The zero-order chi connectivity index (χ0) is 19.8. The molecule has 1 aliphatic rings. The number of phenols is 1. The minimum Gasteiger partial charge on any atom is -0.508 e. The highest BCUT2D eigenvalue weighted by atomic mass is 32.1. The average Bonchev–Trinajstić information content (AvgIpc) is 3.07. The summed E-state index contributed by atoms with van der Waals surface area (Å²) in [7, 11) is 1.56. The van der Waals surface area contributed by atoms with Gasteiger partial charge in [-0.25, -0.2) is 4.79 Å². The number of thiophene rings is 1. The van der Waals surface area contributed by atoms with Crippen LogP contribution in [0.15, 0.2) is 48.5 Å². The van der Waals surface area contributed by atoms with E-state index in [0.29, 0.717) is 22.6 Å². The maximum absolute atomic E-state index is 12.4. The minimum absolute atomic E-state index is 0.107. The molecule has 1 aromatic heterocycles. The van der Waals surface area contributed by atoms with Crippen LogP contribution in [0.1, 0.15) is 32.5 Å². The van der Waals surface area contributed by atoms with Crippen molar-refractivity contribution in [3.63, 3.8) is 0 Å². The van der Waals surface area contributed by atoms with Crippen molar-refractivity contribution in [2.75, 3.05) is 12.4 Å². The van der Waals surface area contributed by atoms with E-state index in [2.05, 4.69) is 5.32 Å². The summed E-state index contributed by atoms with van der Waals surface area (Å²) in [6, 6.07) is 13.8. The number of aromatic carboxylic acids is 1. The highest BCUT2D eigenvalue weighted by Crippen LogP contribution is 2.49. The second-order valence-corrected chi connectivity index (χ2v) is 7.53. The number of hydrogen-bond donors (Lipinski definition) is 3. The van der Waals surface area contributed by atoms with Gasteiger partial charge in [0.25, 0.3) is 0 Å². The van der Waals surface area contributed by atoms with Gasteiger partial charge >= 0.3 is 5.97 Å². The van der Waals surface area contributed by atoms with Crippen molar-refractivity contribution >= 4 is 28.9 Å². The van der Waals surface area contributed by atoms with Crippen molar-refractivity contribution in [3.05, 3.63) is 63.8 Å². The minimum atomic E-state index is -1.05. The predicted molar refractivity (Wildman–Crippen MR) is 106 cm³/mol. The number of anilines is 1. The van der Waals surface area contributed by atoms with Crippen LogP contribution in [-0.2, 0) is 4.79 Å². The van der Waals surface area contributed by atoms with Crippen molar-refractivity contribution in [2.24, 2.45) is 0 Å². The molecule has 0 unspecified atom stereocenters. The lowest BCUT2D eigenvalue weighted by atomic mass is 9.88. The Morgan fingerprint density at radius 2 is 1.96 bits per heavy atom. The normalized spacial score (nSPS) is 15.6. The first-order valence-corrected chi connectivity index (χ1v) is 9.42. The van der Waals surface area contributed by atoms with Gasteiger partial charge in [0.2, 0.25) is 5.91 Å². The van der Waals surface area contributed by atoms with E-state index in [1.165, 1.54) is 0 Å². The summed E-state index contributed by atoms with van der Waals surface area (Å²) >= 11 is 1.16. The first-order valence-electron chi connectivity index (χ1n) is 8.61. The number of amides is 1. The van der Waals surface area contributed by atoms with Gasteiger partial charge in [0, 0.05) is 22.8 Å². The fourth-order valence-corrected chi connectivity index (χ4v) is 4.73. The van der Waals surface area contributed by atoms with Gasteiger partial charge in [0.05, 0.1) is 12.8 Å². The van der Waals surface area contributed by atoms with E-state index in [0.717, 1.165) is 21.8 Å². The van der Waals surface area contributed by atoms with Crippen LogP contribution in [0.25, 0.3) is 11.1 Å². The van der Waals surface area contributed by atoms with Gasteiger partial charge < -0.3 is 20.3 Å². The molecule has 1 aliphatic heterocycles. The number of carbonyl (C=O) groups excluding carboxylic acids is 1. The Labute approximate surface area is 165 Å². The smallest absolute Gasteiger partial charge is 0.346 e. The number of methoxy groups -OCH3 is 1. The van der Waals surface area contributed by atoms with E-state index in [1.54, 1.807) is 49.6 Å². The Bertz CT molecular complexity index is 1070. The quantitative estimate of drug-likeness (QED) is 0.612. The van der Waals surface area contributed by atoms with Crippen LogP contribution >= 0.6 is 11.3 Å². The molecule has 2 heterocycles. The molecule has 0 bridgehead atoms. The van der Waals surface area contributed by atoms with Gasteiger partial charge in [-0.3, -0.25) is 4.79 Å². The zero-order valence-electron chi connectivity index (χ0n) is 14.9. The summed E-state index contributed by atoms with van der Waals surface area (Å²) in [5.41, 5.74) is 2.48. The van der Waals surface area contributed by atoms with E-state index in [-0.39, 0.29) is 28.9 Å². The third-order valence-corrected chi connectivity index (χ3v) is 6.04. The number of ether oxygens (including phenoxy) is 1. The topological polar surface area (TPSA) is 95.9 Å². The van der Waals surface area contributed by atoms with Crippen LogP contribution < -0.4 is 10.1 Å². The molecule has 2 aromatic carbocycles. The highest BCUT2D eigenvalue weighted by molar-refractivity contribution is 7.15. The van der Waals surface area contributed by atoms with Crippen molar-refractivity contribution in [1.29, 1.82) is 0 Å². The van der Waals surface area contributed by atoms with E-state index in [9.17, 15) is 19.8 Å². The molecular formula is C21H17NO5S. The lowest BCUT2D eigenvalue weighted by molar-refractivity contribution is -0.116. The Balaban J connectivity index is 1.91. The molecule has 4 rings (SSSR count). The van der Waals surface area contributed by atoms with Crippen molar-refractivity contribution in [3.8, 4) is 22.6 Å². The second-order valence-electron chi connectivity index (χ2n) is 6.48. The molecular weight excluding hydrogens is 378 g/mol. The van der Waals surface area contributed by atoms with Gasteiger partial charge in [-0.05, 0) is 35.4 Å². The summed E-state index contributed by atoms with van der Waals surface area (Å²) in [5.74, 6) is -0.785. The van der Waals surface area contributed by atoms with Crippen LogP contribution in [-0.4, -0.2) is 29.2 Å². The summed E-state index contributed by atoms with van der Waals surface area (Å²) in [6.45, 7) is 0.